The number of ether oxygens (including phenoxy) is 1. The normalized spacial score (nSPS) is 15.6. The number of nitrogens with zero attached hydrogens (tertiary/aromatic N) is 1. The second-order valence-corrected chi connectivity index (χ2v) is 8.70. The van der Waals surface area contributed by atoms with Crippen molar-refractivity contribution in [2.75, 3.05) is 0 Å². The summed E-state index contributed by atoms with van der Waals surface area (Å²) in [6.45, 7) is 0.249. The molecule has 1 saturated heterocycles. The van der Waals surface area contributed by atoms with Gasteiger partial charge in [0.1, 0.15) is 12.4 Å². The van der Waals surface area contributed by atoms with Gasteiger partial charge in [-0.05, 0) is 53.7 Å². The van der Waals surface area contributed by atoms with Gasteiger partial charge in [-0.15, -0.1) is 0 Å². The molecule has 1 heterocycles. The molecule has 0 spiro atoms. The number of hydrogen-bond donors (Lipinski definition) is 2. The second-order valence-electron chi connectivity index (χ2n) is 6.88. The summed E-state index contributed by atoms with van der Waals surface area (Å²) >= 11 is 13.4. The number of amidine groups is 1. The van der Waals surface area contributed by atoms with Crippen LogP contribution in [0.25, 0.3) is 6.08 Å². The molecule has 0 aromatic heterocycles. The Morgan fingerprint density at radius 3 is 2.58 bits per heavy atom. The predicted octanol–water partition coefficient (Wildman–Crippen LogP) is 6.16. The van der Waals surface area contributed by atoms with E-state index in [1.54, 1.807) is 42.5 Å². The first-order valence-electron chi connectivity index (χ1n) is 9.68. The number of rotatable bonds is 6. The molecular formula is C24H16Cl2N2O4S. The lowest BCUT2D eigenvalue weighted by molar-refractivity contribution is -0.115. The van der Waals surface area contributed by atoms with Gasteiger partial charge in [-0.1, -0.05) is 59.6 Å². The second kappa shape index (κ2) is 10.1. The highest BCUT2D eigenvalue weighted by Crippen LogP contribution is 2.35. The standard InChI is InChI=1S/C24H16Cl2N2O4S/c25-17-5-3-6-18(21(17)26)27-24-28-22(29)20(33-24)12-16-4-1-2-7-19(16)32-13-14-8-10-15(11-9-14)23(30)31/h1-12H,13H2,(H,30,31)(H,27,28,29). The Balaban J connectivity index is 1.51. The average Bonchev–Trinajstić information content (AvgIpc) is 3.15. The molecule has 1 fully saturated rings. The third kappa shape index (κ3) is 5.57. The third-order valence-corrected chi connectivity index (χ3v) is 6.32. The summed E-state index contributed by atoms with van der Waals surface area (Å²) in [6, 6.07) is 18.9. The number of carboxylic acids is 1. The Kier molecular flexibility index (Phi) is 7.03. The van der Waals surface area contributed by atoms with Gasteiger partial charge in [0, 0.05) is 5.56 Å². The minimum absolute atomic E-state index is 0.213. The summed E-state index contributed by atoms with van der Waals surface area (Å²) < 4.78 is 5.93. The van der Waals surface area contributed by atoms with Crippen molar-refractivity contribution in [1.29, 1.82) is 0 Å². The fourth-order valence-electron chi connectivity index (χ4n) is 2.95. The van der Waals surface area contributed by atoms with Crippen LogP contribution in [0.2, 0.25) is 10.0 Å². The van der Waals surface area contributed by atoms with Gasteiger partial charge in [-0.2, -0.15) is 0 Å². The number of benzene rings is 3. The maximum Gasteiger partial charge on any atom is 0.335 e. The maximum absolute atomic E-state index is 12.5. The summed E-state index contributed by atoms with van der Waals surface area (Å²) in [5.41, 5.74) is 2.22. The highest BCUT2D eigenvalue weighted by atomic mass is 35.5. The van der Waals surface area contributed by atoms with Crippen LogP contribution >= 0.6 is 35.0 Å². The van der Waals surface area contributed by atoms with Gasteiger partial charge in [0.25, 0.3) is 5.91 Å². The van der Waals surface area contributed by atoms with Crippen LogP contribution in [0.15, 0.2) is 76.6 Å². The summed E-state index contributed by atoms with van der Waals surface area (Å²) in [4.78, 5) is 28.3. The van der Waals surface area contributed by atoms with Crippen LogP contribution in [0.4, 0.5) is 5.69 Å². The molecule has 9 heteroatoms. The van der Waals surface area contributed by atoms with E-state index in [4.69, 9.17) is 33.0 Å². The molecular weight excluding hydrogens is 483 g/mol. The Hall–Kier alpha value is -3.26. The van der Waals surface area contributed by atoms with Crippen molar-refractivity contribution >= 4 is 63.8 Å². The molecule has 4 rings (SSSR count). The molecule has 2 N–H and O–H groups in total. The van der Waals surface area contributed by atoms with E-state index < -0.39 is 5.97 Å². The smallest absolute Gasteiger partial charge is 0.335 e. The molecule has 0 bridgehead atoms. The molecule has 1 amide bonds. The van der Waals surface area contributed by atoms with E-state index in [1.165, 1.54) is 23.9 Å². The number of carboxylic acid groups (broad SMARTS) is 1. The highest BCUT2D eigenvalue weighted by molar-refractivity contribution is 8.18. The number of nitrogens with one attached hydrogen (secondary N) is 1. The van der Waals surface area contributed by atoms with Crippen LogP contribution in [0, 0.1) is 0 Å². The van der Waals surface area contributed by atoms with E-state index in [2.05, 4.69) is 10.3 Å². The van der Waals surface area contributed by atoms with Gasteiger partial charge in [0.2, 0.25) is 0 Å². The minimum Gasteiger partial charge on any atom is -0.488 e. The van der Waals surface area contributed by atoms with Crippen molar-refractivity contribution < 1.29 is 19.4 Å². The van der Waals surface area contributed by atoms with Crippen molar-refractivity contribution in [3.05, 3.63) is 98.4 Å². The average molecular weight is 499 g/mol. The molecule has 6 nitrogen and oxygen atoms in total. The molecule has 33 heavy (non-hydrogen) atoms. The third-order valence-electron chi connectivity index (χ3n) is 4.60. The Morgan fingerprint density at radius 2 is 1.82 bits per heavy atom. The molecule has 3 aromatic rings. The van der Waals surface area contributed by atoms with Crippen molar-refractivity contribution in [1.82, 2.24) is 5.32 Å². The molecule has 0 atom stereocenters. The summed E-state index contributed by atoms with van der Waals surface area (Å²) in [5, 5.41) is 12.8. The number of amides is 1. The van der Waals surface area contributed by atoms with E-state index in [-0.39, 0.29) is 18.1 Å². The van der Waals surface area contributed by atoms with Gasteiger partial charge in [0.15, 0.2) is 5.17 Å². The SMILES string of the molecule is O=C1NC(=Nc2cccc(Cl)c2Cl)SC1=Cc1ccccc1OCc1ccc(C(=O)O)cc1. The zero-order chi connectivity index (χ0) is 23.4. The number of carbonyl (C=O) groups is 2. The van der Waals surface area contributed by atoms with E-state index in [1.807, 2.05) is 18.2 Å². The largest absolute Gasteiger partial charge is 0.488 e. The van der Waals surface area contributed by atoms with Crippen LogP contribution < -0.4 is 10.1 Å². The number of para-hydroxylation sites is 1. The van der Waals surface area contributed by atoms with E-state index >= 15 is 0 Å². The zero-order valence-electron chi connectivity index (χ0n) is 16.9. The minimum atomic E-state index is -0.979. The number of hydrogen-bond acceptors (Lipinski definition) is 5. The lowest BCUT2D eigenvalue weighted by Crippen LogP contribution is -2.19. The monoisotopic (exact) mass is 498 g/mol. The molecule has 166 valence electrons. The lowest BCUT2D eigenvalue weighted by Gasteiger charge is -2.10. The first-order valence-corrected chi connectivity index (χ1v) is 11.3. The van der Waals surface area contributed by atoms with Gasteiger partial charge < -0.3 is 15.2 Å². The molecule has 3 aromatic carbocycles. The summed E-state index contributed by atoms with van der Waals surface area (Å²) in [7, 11) is 0. The molecule has 0 unspecified atom stereocenters. The lowest BCUT2D eigenvalue weighted by atomic mass is 10.1. The Labute approximate surface area is 203 Å². The van der Waals surface area contributed by atoms with Crippen molar-refractivity contribution in [3.63, 3.8) is 0 Å². The van der Waals surface area contributed by atoms with E-state index in [0.29, 0.717) is 31.6 Å². The Morgan fingerprint density at radius 1 is 1.06 bits per heavy atom. The van der Waals surface area contributed by atoms with E-state index in [0.717, 1.165) is 11.1 Å². The van der Waals surface area contributed by atoms with Crippen LogP contribution in [0.5, 0.6) is 5.75 Å². The molecule has 0 aliphatic carbocycles. The highest BCUT2D eigenvalue weighted by Gasteiger charge is 2.24. The van der Waals surface area contributed by atoms with Crippen molar-refractivity contribution in [3.8, 4) is 5.75 Å². The fourth-order valence-corrected chi connectivity index (χ4v) is 4.11. The molecule has 0 radical (unpaired) electrons. The number of aromatic carboxylic acids is 1. The first-order chi connectivity index (χ1) is 15.9. The number of halogens is 2. The fraction of sp³-hybridized carbons (Fsp3) is 0.0417. The van der Waals surface area contributed by atoms with Crippen molar-refractivity contribution in [2.45, 2.75) is 6.61 Å². The van der Waals surface area contributed by atoms with Crippen molar-refractivity contribution in [2.24, 2.45) is 4.99 Å². The Bertz CT molecular complexity index is 1290. The van der Waals surface area contributed by atoms with E-state index in [9.17, 15) is 9.59 Å². The first kappa shape index (κ1) is 22.9. The molecule has 1 aliphatic heterocycles. The topological polar surface area (TPSA) is 88.0 Å². The number of aliphatic imine (C=N–C) groups is 1. The van der Waals surface area contributed by atoms with Crippen LogP contribution in [-0.4, -0.2) is 22.2 Å². The number of carbonyl (C=O) groups excluding carboxylic acids is 1. The predicted molar refractivity (Wildman–Crippen MR) is 131 cm³/mol. The number of thioether (sulfide) groups is 1. The van der Waals surface area contributed by atoms with Crippen LogP contribution in [0.3, 0.4) is 0 Å². The summed E-state index contributed by atoms with van der Waals surface area (Å²) in [5.74, 6) is -0.674. The molecule has 1 aliphatic rings. The van der Waals surface area contributed by atoms with Gasteiger partial charge in [0.05, 0.1) is 26.2 Å². The molecule has 0 saturated carbocycles. The van der Waals surface area contributed by atoms with Gasteiger partial charge in [-0.3, -0.25) is 4.79 Å². The van der Waals surface area contributed by atoms with Gasteiger partial charge in [-0.25, -0.2) is 9.79 Å². The van der Waals surface area contributed by atoms with Crippen LogP contribution in [-0.2, 0) is 11.4 Å². The summed E-state index contributed by atoms with van der Waals surface area (Å²) in [6.07, 6.45) is 1.73. The quantitative estimate of drug-likeness (QED) is 0.397. The van der Waals surface area contributed by atoms with Crippen LogP contribution in [0.1, 0.15) is 21.5 Å². The zero-order valence-corrected chi connectivity index (χ0v) is 19.2. The van der Waals surface area contributed by atoms with Gasteiger partial charge >= 0.3 is 5.97 Å². The maximum atomic E-state index is 12.5.